The van der Waals surface area contributed by atoms with Gasteiger partial charge < -0.3 is 4.90 Å². The topological polar surface area (TPSA) is 98.1 Å². The van der Waals surface area contributed by atoms with E-state index in [9.17, 15) is 17.6 Å². The highest BCUT2D eigenvalue weighted by atomic mass is 32.2. The third-order valence-corrected chi connectivity index (χ3v) is 6.09. The van der Waals surface area contributed by atoms with Crippen molar-refractivity contribution in [3.8, 4) is 11.4 Å². The minimum Gasteiger partial charge on any atom is -0.337 e. The molecule has 1 saturated heterocycles. The molecule has 27 heavy (non-hydrogen) atoms. The lowest BCUT2D eigenvalue weighted by Crippen LogP contribution is -2.45. The summed E-state index contributed by atoms with van der Waals surface area (Å²) >= 11 is 0. The zero-order valence-corrected chi connectivity index (χ0v) is 16.1. The van der Waals surface area contributed by atoms with Crippen LogP contribution in [0, 0.1) is 11.7 Å². The molecule has 1 fully saturated rings. The highest BCUT2D eigenvalue weighted by Crippen LogP contribution is 2.20. The molecule has 1 aromatic carbocycles. The van der Waals surface area contributed by atoms with Crippen LogP contribution in [0.1, 0.15) is 20.3 Å². The van der Waals surface area contributed by atoms with Crippen LogP contribution in [0.15, 0.2) is 24.3 Å². The van der Waals surface area contributed by atoms with Gasteiger partial charge in [-0.2, -0.15) is 4.80 Å². The average Bonchev–Trinajstić information content (AvgIpc) is 3.18. The van der Waals surface area contributed by atoms with Gasteiger partial charge in [0.15, 0.2) is 9.84 Å². The Morgan fingerprint density at radius 3 is 2.81 bits per heavy atom. The predicted octanol–water partition coefficient (Wildman–Crippen LogP) is 1.15. The Labute approximate surface area is 157 Å². The average molecular weight is 395 g/mol. The lowest BCUT2D eigenvalue weighted by atomic mass is 10.1. The maximum absolute atomic E-state index is 13.3. The van der Waals surface area contributed by atoms with Crippen molar-refractivity contribution in [2.45, 2.75) is 32.9 Å². The maximum Gasteiger partial charge on any atom is 0.246 e. The van der Waals surface area contributed by atoms with Crippen LogP contribution in [0.5, 0.6) is 0 Å². The summed E-state index contributed by atoms with van der Waals surface area (Å²) < 4.78 is 36.9. The SMILES string of the molecule is CC(C)CN(C(=O)Cn1nnc(-c2cccc(F)c2)n1)[C@H]1CCS(=O)(=O)C1. The zero-order valence-electron chi connectivity index (χ0n) is 15.2. The first-order chi connectivity index (χ1) is 12.7. The van der Waals surface area contributed by atoms with Crippen LogP contribution < -0.4 is 0 Å². The quantitative estimate of drug-likeness (QED) is 0.728. The molecule has 1 atom stereocenters. The molecular weight excluding hydrogens is 373 g/mol. The Balaban J connectivity index is 1.74. The van der Waals surface area contributed by atoms with E-state index < -0.39 is 15.7 Å². The van der Waals surface area contributed by atoms with Gasteiger partial charge in [-0.1, -0.05) is 26.0 Å². The van der Waals surface area contributed by atoms with Gasteiger partial charge in [-0.3, -0.25) is 4.79 Å². The summed E-state index contributed by atoms with van der Waals surface area (Å²) in [5.74, 6) is -0.153. The van der Waals surface area contributed by atoms with Gasteiger partial charge in [0.1, 0.15) is 12.4 Å². The van der Waals surface area contributed by atoms with Gasteiger partial charge in [0.2, 0.25) is 11.7 Å². The van der Waals surface area contributed by atoms with Crippen LogP contribution in [0.3, 0.4) is 0 Å². The van der Waals surface area contributed by atoms with Crippen molar-refractivity contribution in [2.75, 3.05) is 18.1 Å². The molecule has 2 aromatic rings. The Morgan fingerprint density at radius 1 is 1.41 bits per heavy atom. The van der Waals surface area contributed by atoms with Crippen LogP contribution in [0.2, 0.25) is 0 Å². The number of aromatic nitrogens is 4. The van der Waals surface area contributed by atoms with Gasteiger partial charge in [0, 0.05) is 18.2 Å². The van der Waals surface area contributed by atoms with E-state index in [1.807, 2.05) is 13.8 Å². The van der Waals surface area contributed by atoms with Gasteiger partial charge in [-0.15, -0.1) is 10.2 Å². The fourth-order valence-electron chi connectivity index (χ4n) is 3.13. The van der Waals surface area contributed by atoms with E-state index in [4.69, 9.17) is 0 Å². The minimum atomic E-state index is -3.10. The molecule has 0 unspecified atom stereocenters. The van der Waals surface area contributed by atoms with Gasteiger partial charge >= 0.3 is 0 Å². The summed E-state index contributed by atoms with van der Waals surface area (Å²) in [7, 11) is -3.10. The van der Waals surface area contributed by atoms with Crippen molar-refractivity contribution in [1.29, 1.82) is 0 Å². The molecule has 0 bridgehead atoms. The second-order valence-corrected chi connectivity index (χ2v) is 9.38. The van der Waals surface area contributed by atoms with Crippen LogP contribution in [0.25, 0.3) is 11.4 Å². The number of tetrazole rings is 1. The Kier molecular flexibility index (Phi) is 5.54. The first kappa shape index (κ1) is 19.4. The number of halogens is 1. The van der Waals surface area contributed by atoms with Gasteiger partial charge in [-0.25, -0.2) is 12.8 Å². The summed E-state index contributed by atoms with van der Waals surface area (Å²) in [6, 6.07) is 5.48. The molecule has 0 saturated carbocycles. The fraction of sp³-hybridized carbons (Fsp3) is 0.529. The normalized spacial score (nSPS) is 18.7. The number of carbonyl (C=O) groups excluding carboxylic acids is 1. The van der Waals surface area contributed by atoms with Crippen molar-refractivity contribution in [2.24, 2.45) is 5.92 Å². The van der Waals surface area contributed by atoms with E-state index in [1.54, 1.807) is 17.0 Å². The molecule has 1 aliphatic rings. The van der Waals surface area contributed by atoms with E-state index in [1.165, 1.54) is 12.1 Å². The van der Waals surface area contributed by atoms with Crippen LogP contribution in [-0.2, 0) is 21.2 Å². The molecule has 0 spiro atoms. The number of carbonyl (C=O) groups is 1. The molecule has 1 amide bonds. The molecule has 8 nitrogen and oxygen atoms in total. The number of sulfone groups is 1. The molecule has 1 aliphatic heterocycles. The molecule has 2 heterocycles. The number of hydrogen-bond donors (Lipinski definition) is 0. The van der Waals surface area contributed by atoms with Gasteiger partial charge in [0.25, 0.3) is 0 Å². The summed E-state index contributed by atoms with van der Waals surface area (Å²) in [4.78, 5) is 15.6. The zero-order chi connectivity index (χ0) is 19.6. The lowest BCUT2D eigenvalue weighted by Gasteiger charge is -2.29. The van der Waals surface area contributed by atoms with Gasteiger partial charge in [0.05, 0.1) is 11.5 Å². The molecule has 0 N–H and O–H groups in total. The summed E-state index contributed by atoms with van der Waals surface area (Å²) in [5.41, 5.74) is 0.467. The second-order valence-electron chi connectivity index (χ2n) is 7.15. The van der Waals surface area contributed by atoms with Crippen LogP contribution >= 0.6 is 0 Å². The minimum absolute atomic E-state index is 0.00914. The largest absolute Gasteiger partial charge is 0.337 e. The first-order valence-electron chi connectivity index (χ1n) is 8.77. The number of hydrogen-bond acceptors (Lipinski definition) is 6. The van der Waals surface area contributed by atoms with Crippen molar-refractivity contribution >= 4 is 15.7 Å². The van der Waals surface area contributed by atoms with Crippen molar-refractivity contribution in [3.05, 3.63) is 30.1 Å². The van der Waals surface area contributed by atoms with E-state index in [-0.39, 0.29) is 41.7 Å². The van der Waals surface area contributed by atoms with Gasteiger partial charge in [-0.05, 0) is 29.7 Å². The fourth-order valence-corrected chi connectivity index (χ4v) is 4.86. The molecule has 10 heteroatoms. The van der Waals surface area contributed by atoms with E-state index in [0.29, 0.717) is 18.5 Å². The molecule has 1 aromatic heterocycles. The smallest absolute Gasteiger partial charge is 0.246 e. The number of benzene rings is 1. The van der Waals surface area contributed by atoms with E-state index in [2.05, 4.69) is 15.4 Å². The molecule has 0 radical (unpaired) electrons. The van der Waals surface area contributed by atoms with E-state index >= 15 is 0 Å². The van der Waals surface area contributed by atoms with Crippen molar-refractivity contribution in [3.63, 3.8) is 0 Å². The van der Waals surface area contributed by atoms with Crippen molar-refractivity contribution < 1.29 is 17.6 Å². The third kappa shape index (κ3) is 4.88. The van der Waals surface area contributed by atoms with Crippen LogP contribution in [0.4, 0.5) is 4.39 Å². The highest BCUT2D eigenvalue weighted by Gasteiger charge is 2.35. The number of nitrogens with zero attached hydrogens (tertiary/aromatic N) is 5. The predicted molar refractivity (Wildman–Crippen MR) is 96.8 cm³/mol. The Hall–Kier alpha value is -2.36. The third-order valence-electron chi connectivity index (χ3n) is 4.34. The van der Waals surface area contributed by atoms with E-state index in [0.717, 1.165) is 4.80 Å². The molecule has 3 rings (SSSR count). The Bertz CT molecular complexity index is 928. The summed E-state index contributed by atoms with van der Waals surface area (Å²) in [6.07, 6.45) is 0.445. The first-order valence-corrected chi connectivity index (χ1v) is 10.6. The summed E-state index contributed by atoms with van der Waals surface area (Å²) in [6.45, 7) is 4.26. The van der Waals surface area contributed by atoms with Crippen LogP contribution in [-0.4, -0.2) is 63.5 Å². The lowest BCUT2D eigenvalue weighted by molar-refractivity contribution is -0.134. The maximum atomic E-state index is 13.3. The number of amides is 1. The second kappa shape index (κ2) is 7.71. The molecule has 0 aliphatic carbocycles. The highest BCUT2D eigenvalue weighted by molar-refractivity contribution is 7.91. The number of rotatable bonds is 6. The van der Waals surface area contributed by atoms with Crippen molar-refractivity contribution in [1.82, 2.24) is 25.1 Å². The molecular formula is C17H22FN5O3S. The molecule has 146 valence electrons. The Morgan fingerprint density at radius 2 is 2.19 bits per heavy atom. The summed E-state index contributed by atoms with van der Waals surface area (Å²) in [5, 5.41) is 11.9. The standard InChI is InChI=1S/C17H22FN5O3S/c1-12(2)9-22(15-6-7-27(25,26)11-15)16(24)10-23-20-17(19-21-23)13-4-3-5-14(18)8-13/h3-5,8,12,15H,6-7,9-11H2,1-2H3/t15-/m0/s1. The monoisotopic (exact) mass is 395 g/mol.